The molecule has 0 aliphatic carbocycles. The zero-order valence-corrected chi connectivity index (χ0v) is 13.7. The Labute approximate surface area is 142 Å². The van der Waals surface area contributed by atoms with Gasteiger partial charge in [0, 0.05) is 19.6 Å². The van der Waals surface area contributed by atoms with Crippen LogP contribution in [0.4, 0.5) is 0 Å². The molecule has 0 bridgehead atoms. The lowest BCUT2D eigenvalue weighted by molar-refractivity contribution is -0.134. The smallest absolute Gasteiger partial charge is 0.250 e. The number of nitrogens with one attached hydrogen (secondary N) is 2. The van der Waals surface area contributed by atoms with E-state index in [9.17, 15) is 4.79 Å². The summed E-state index contributed by atoms with van der Waals surface area (Å²) < 4.78 is 10.6. The van der Waals surface area contributed by atoms with Gasteiger partial charge in [0.05, 0.1) is 13.7 Å². The number of amides is 1. The van der Waals surface area contributed by atoms with Crippen molar-refractivity contribution in [1.82, 2.24) is 10.6 Å². The molecule has 5 nitrogen and oxygen atoms in total. The van der Waals surface area contributed by atoms with Gasteiger partial charge < -0.3 is 20.1 Å². The highest BCUT2D eigenvalue weighted by Crippen LogP contribution is 2.22. The first-order valence-corrected chi connectivity index (χ1v) is 8.09. The summed E-state index contributed by atoms with van der Waals surface area (Å²) in [7, 11) is 1.66. The molecule has 1 unspecified atom stereocenters. The van der Waals surface area contributed by atoms with Crippen molar-refractivity contribution in [3.8, 4) is 16.9 Å². The number of morpholine rings is 1. The molecule has 1 heterocycles. The van der Waals surface area contributed by atoms with Gasteiger partial charge in [0.25, 0.3) is 5.91 Å². The lowest BCUT2D eigenvalue weighted by atomic mass is 10.0. The Kier molecular flexibility index (Phi) is 5.46. The Hall–Kier alpha value is -2.37. The average Bonchev–Trinajstić information content (AvgIpc) is 2.67. The predicted molar refractivity (Wildman–Crippen MR) is 92.9 cm³/mol. The number of hydrogen-bond acceptors (Lipinski definition) is 4. The Morgan fingerprint density at radius 1 is 1.17 bits per heavy atom. The van der Waals surface area contributed by atoms with Crippen LogP contribution in [0.1, 0.15) is 5.56 Å². The van der Waals surface area contributed by atoms with E-state index in [0.717, 1.165) is 29.0 Å². The molecule has 0 saturated carbocycles. The highest BCUT2D eigenvalue weighted by molar-refractivity contribution is 5.81. The molecule has 0 spiro atoms. The Morgan fingerprint density at radius 3 is 2.42 bits per heavy atom. The summed E-state index contributed by atoms with van der Waals surface area (Å²) in [6.45, 7) is 2.45. The molecule has 1 fully saturated rings. The summed E-state index contributed by atoms with van der Waals surface area (Å²) >= 11 is 0. The maximum atomic E-state index is 12.0. The summed E-state index contributed by atoms with van der Waals surface area (Å²) in [5, 5.41) is 6.08. The third-order valence-corrected chi connectivity index (χ3v) is 4.06. The minimum atomic E-state index is -0.391. The van der Waals surface area contributed by atoms with Crippen LogP contribution in [0.15, 0.2) is 48.5 Å². The highest BCUT2D eigenvalue weighted by Gasteiger charge is 2.21. The van der Waals surface area contributed by atoms with Crippen LogP contribution < -0.4 is 15.4 Å². The molecule has 0 radical (unpaired) electrons. The lowest BCUT2D eigenvalue weighted by Crippen LogP contribution is -2.47. The van der Waals surface area contributed by atoms with E-state index in [1.54, 1.807) is 7.11 Å². The summed E-state index contributed by atoms with van der Waals surface area (Å²) in [6, 6.07) is 16.1. The molecule has 2 aromatic carbocycles. The van der Waals surface area contributed by atoms with Crippen LogP contribution in [0.25, 0.3) is 11.1 Å². The Morgan fingerprint density at radius 2 is 1.83 bits per heavy atom. The Bertz CT molecular complexity index is 662. The van der Waals surface area contributed by atoms with Crippen LogP contribution >= 0.6 is 0 Å². The molecular weight excluding hydrogens is 304 g/mol. The second-order valence-corrected chi connectivity index (χ2v) is 5.71. The van der Waals surface area contributed by atoms with Gasteiger partial charge in [-0.2, -0.15) is 0 Å². The van der Waals surface area contributed by atoms with Gasteiger partial charge in [-0.05, 0) is 28.8 Å². The maximum absolute atomic E-state index is 12.0. The molecule has 1 aliphatic heterocycles. The van der Waals surface area contributed by atoms with Crippen LogP contribution in [-0.4, -0.2) is 38.8 Å². The van der Waals surface area contributed by atoms with E-state index in [-0.39, 0.29) is 5.91 Å². The van der Waals surface area contributed by atoms with Crippen molar-refractivity contribution in [2.75, 3.05) is 26.8 Å². The number of rotatable bonds is 5. The van der Waals surface area contributed by atoms with E-state index in [1.165, 1.54) is 0 Å². The Balaban J connectivity index is 1.56. The normalized spacial score (nSPS) is 17.3. The van der Waals surface area contributed by atoms with Gasteiger partial charge in [-0.15, -0.1) is 0 Å². The van der Waals surface area contributed by atoms with E-state index in [1.807, 2.05) is 36.4 Å². The highest BCUT2D eigenvalue weighted by atomic mass is 16.5. The number of carbonyl (C=O) groups excluding carboxylic acids is 1. The number of hydrogen-bond donors (Lipinski definition) is 2. The first-order chi connectivity index (χ1) is 11.8. The lowest BCUT2D eigenvalue weighted by Gasteiger charge is -2.22. The zero-order valence-electron chi connectivity index (χ0n) is 13.7. The molecule has 1 saturated heterocycles. The first kappa shape index (κ1) is 16.5. The molecule has 5 heteroatoms. The van der Waals surface area contributed by atoms with Gasteiger partial charge in [-0.1, -0.05) is 36.4 Å². The maximum Gasteiger partial charge on any atom is 0.250 e. The zero-order chi connectivity index (χ0) is 16.8. The first-order valence-electron chi connectivity index (χ1n) is 8.09. The SMILES string of the molecule is COc1ccc(-c2ccc(CNC(=O)C3CNCCO3)cc2)cc1. The van der Waals surface area contributed by atoms with Crippen LogP contribution in [0.3, 0.4) is 0 Å². The van der Waals surface area contributed by atoms with Gasteiger partial charge in [0.15, 0.2) is 0 Å². The fourth-order valence-electron chi connectivity index (χ4n) is 2.64. The van der Waals surface area contributed by atoms with Crippen LogP contribution in [0, 0.1) is 0 Å². The molecule has 1 amide bonds. The average molecular weight is 326 g/mol. The van der Waals surface area contributed by atoms with E-state index in [2.05, 4.69) is 22.8 Å². The van der Waals surface area contributed by atoms with Crippen molar-refractivity contribution in [2.24, 2.45) is 0 Å². The number of benzene rings is 2. The van der Waals surface area contributed by atoms with E-state index >= 15 is 0 Å². The third-order valence-electron chi connectivity index (χ3n) is 4.06. The standard InChI is InChI=1S/C19H22N2O3/c1-23-17-8-6-16(7-9-17)15-4-2-14(3-5-15)12-21-19(22)18-13-20-10-11-24-18/h2-9,18,20H,10-13H2,1H3,(H,21,22). The van der Waals surface area contributed by atoms with Crippen molar-refractivity contribution in [2.45, 2.75) is 12.6 Å². The fraction of sp³-hybridized carbons (Fsp3) is 0.316. The molecule has 2 aromatic rings. The van der Waals surface area contributed by atoms with Gasteiger partial charge in [-0.25, -0.2) is 0 Å². The van der Waals surface area contributed by atoms with Crippen molar-refractivity contribution < 1.29 is 14.3 Å². The van der Waals surface area contributed by atoms with E-state index in [0.29, 0.717) is 19.7 Å². The molecule has 1 atom stereocenters. The molecule has 126 valence electrons. The van der Waals surface area contributed by atoms with E-state index < -0.39 is 6.10 Å². The summed E-state index contributed by atoms with van der Waals surface area (Å²) in [5.74, 6) is 0.777. The summed E-state index contributed by atoms with van der Waals surface area (Å²) in [4.78, 5) is 12.0. The topological polar surface area (TPSA) is 59.6 Å². The van der Waals surface area contributed by atoms with Crippen molar-refractivity contribution in [3.05, 3.63) is 54.1 Å². The minimum absolute atomic E-state index is 0.0681. The quantitative estimate of drug-likeness (QED) is 0.882. The predicted octanol–water partition coefficient (Wildman–Crippen LogP) is 1.97. The summed E-state index contributed by atoms with van der Waals surface area (Å²) in [6.07, 6.45) is -0.391. The fourth-order valence-corrected chi connectivity index (χ4v) is 2.64. The largest absolute Gasteiger partial charge is 0.497 e. The molecule has 1 aliphatic rings. The van der Waals surface area contributed by atoms with Crippen LogP contribution in [0.2, 0.25) is 0 Å². The number of ether oxygens (including phenoxy) is 2. The van der Waals surface area contributed by atoms with Gasteiger partial charge >= 0.3 is 0 Å². The minimum Gasteiger partial charge on any atom is -0.497 e. The van der Waals surface area contributed by atoms with E-state index in [4.69, 9.17) is 9.47 Å². The van der Waals surface area contributed by atoms with Gasteiger partial charge in [0.1, 0.15) is 11.9 Å². The van der Waals surface area contributed by atoms with Crippen molar-refractivity contribution in [3.63, 3.8) is 0 Å². The molecule has 0 aromatic heterocycles. The van der Waals surface area contributed by atoms with Crippen molar-refractivity contribution >= 4 is 5.91 Å². The number of methoxy groups -OCH3 is 1. The molecular formula is C19H22N2O3. The monoisotopic (exact) mass is 326 g/mol. The van der Waals surface area contributed by atoms with Gasteiger partial charge in [-0.3, -0.25) is 4.79 Å². The van der Waals surface area contributed by atoms with Gasteiger partial charge in [0.2, 0.25) is 0 Å². The number of carbonyl (C=O) groups is 1. The molecule has 3 rings (SSSR count). The van der Waals surface area contributed by atoms with Crippen molar-refractivity contribution in [1.29, 1.82) is 0 Å². The van der Waals surface area contributed by atoms with Crippen LogP contribution in [-0.2, 0) is 16.1 Å². The summed E-state index contributed by atoms with van der Waals surface area (Å²) in [5.41, 5.74) is 3.32. The molecule has 24 heavy (non-hydrogen) atoms. The second-order valence-electron chi connectivity index (χ2n) is 5.71. The second kappa shape index (κ2) is 7.95. The third kappa shape index (κ3) is 4.13. The molecule has 2 N–H and O–H groups in total. The van der Waals surface area contributed by atoms with Crippen LogP contribution in [0.5, 0.6) is 5.75 Å².